The monoisotopic (exact) mass is 382 g/mol. The van der Waals surface area contributed by atoms with E-state index < -0.39 is 11.4 Å². The molecule has 0 radical (unpaired) electrons. The fraction of sp³-hybridized carbons (Fsp3) is 0.333. The largest absolute Gasteiger partial charge is 0.481 e. The van der Waals surface area contributed by atoms with Gasteiger partial charge in [0, 0.05) is 35.8 Å². The van der Waals surface area contributed by atoms with Crippen LogP contribution in [0.15, 0.2) is 58.3 Å². The SMILES string of the molecule is CC1(C(=O)O)CCN(C(=O)CCN2c3ccccc3Sc3ccccc32)C1. The third-order valence-corrected chi connectivity index (χ3v) is 6.55. The van der Waals surface area contributed by atoms with Crippen molar-refractivity contribution in [2.45, 2.75) is 29.6 Å². The molecule has 5 nitrogen and oxygen atoms in total. The lowest BCUT2D eigenvalue weighted by molar-refractivity contribution is -0.147. The predicted octanol–water partition coefficient (Wildman–Crippen LogP) is 4.00. The molecule has 1 amide bonds. The van der Waals surface area contributed by atoms with Gasteiger partial charge in [-0.25, -0.2) is 0 Å². The van der Waals surface area contributed by atoms with Crippen molar-refractivity contribution in [1.82, 2.24) is 4.90 Å². The Morgan fingerprint density at radius 2 is 1.67 bits per heavy atom. The Morgan fingerprint density at radius 1 is 1.07 bits per heavy atom. The number of hydrogen-bond donors (Lipinski definition) is 1. The number of hydrogen-bond acceptors (Lipinski definition) is 4. The summed E-state index contributed by atoms with van der Waals surface area (Å²) in [5.74, 6) is -0.804. The summed E-state index contributed by atoms with van der Waals surface area (Å²) >= 11 is 1.75. The summed E-state index contributed by atoms with van der Waals surface area (Å²) in [4.78, 5) is 30.4. The molecule has 0 bridgehead atoms. The Hall–Kier alpha value is -2.47. The van der Waals surface area contributed by atoms with Gasteiger partial charge in [-0.1, -0.05) is 36.0 Å². The first-order chi connectivity index (χ1) is 13.0. The van der Waals surface area contributed by atoms with E-state index in [1.54, 1.807) is 23.6 Å². The molecule has 0 saturated carbocycles. The van der Waals surface area contributed by atoms with Gasteiger partial charge in [0.2, 0.25) is 5.91 Å². The summed E-state index contributed by atoms with van der Waals surface area (Å²) < 4.78 is 0. The highest BCUT2D eigenvalue weighted by Crippen LogP contribution is 2.47. The highest BCUT2D eigenvalue weighted by molar-refractivity contribution is 7.99. The van der Waals surface area contributed by atoms with Crippen LogP contribution < -0.4 is 4.90 Å². The van der Waals surface area contributed by atoms with Crippen molar-refractivity contribution < 1.29 is 14.7 Å². The van der Waals surface area contributed by atoms with Gasteiger partial charge in [-0.2, -0.15) is 0 Å². The first-order valence-electron chi connectivity index (χ1n) is 9.12. The normalized spacial score (nSPS) is 20.9. The quantitative estimate of drug-likeness (QED) is 0.866. The zero-order chi connectivity index (χ0) is 19.0. The lowest BCUT2D eigenvalue weighted by Gasteiger charge is -2.33. The first-order valence-corrected chi connectivity index (χ1v) is 9.94. The van der Waals surface area contributed by atoms with E-state index in [1.807, 2.05) is 24.3 Å². The van der Waals surface area contributed by atoms with Crippen molar-refractivity contribution in [3.05, 3.63) is 48.5 Å². The Balaban J connectivity index is 1.50. The number of benzene rings is 2. The minimum atomic E-state index is -0.825. The van der Waals surface area contributed by atoms with Crippen molar-refractivity contribution in [2.75, 3.05) is 24.5 Å². The van der Waals surface area contributed by atoms with Crippen LogP contribution in [0.25, 0.3) is 0 Å². The fourth-order valence-corrected chi connectivity index (χ4v) is 4.83. The Kier molecular flexibility index (Phi) is 4.60. The van der Waals surface area contributed by atoms with Gasteiger partial charge in [-0.3, -0.25) is 9.59 Å². The summed E-state index contributed by atoms with van der Waals surface area (Å²) in [6, 6.07) is 16.5. The second-order valence-corrected chi connectivity index (χ2v) is 8.45. The van der Waals surface area contributed by atoms with Crippen molar-refractivity contribution in [1.29, 1.82) is 0 Å². The number of carbonyl (C=O) groups is 2. The van der Waals surface area contributed by atoms with Gasteiger partial charge < -0.3 is 14.9 Å². The van der Waals surface area contributed by atoms with Crippen LogP contribution in [0.5, 0.6) is 0 Å². The molecule has 0 aromatic heterocycles. The molecule has 1 unspecified atom stereocenters. The molecule has 0 spiro atoms. The van der Waals surface area contributed by atoms with Crippen LogP contribution in [0.3, 0.4) is 0 Å². The van der Waals surface area contributed by atoms with Crippen LogP contribution in [0.2, 0.25) is 0 Å². The summed E-state index contributed by atoms with van der Waals surface area (Å²) in [5.41, 5.74) is 1.41. The highest BCUT2D eigenvalue weighted by Gasteiger charge is 2.42. The van der Waals surface area contributed by atoms with Crippen LogP contribution >= 0.6 is 11.8 Å². The number of amides is 1. The Labute approximate surface area is 163 Å². The average molecular weight is 382 g/mol. The van der Waals surface area contributed by atoms with Crippen LogP contribution in [0.4, 0.5) is 11.4 Å². The van der Waals surface area contributed by atoms with Crippen LogP contribution in [-0.4, -0.2) is 41.5 Å². The molecule has 2 heterocycles. The second-order valence-electron chi connectivity index (χ2n) is 7.37. The van der Waals surface area contributed by atoms with Gasteiger partial charge in [0.15, 0.2) is 0 Å². The molecule has 27 heavy (non-hydrogen) atoms. The zero-order valence-corrected chi connectivity index (χ0v) is 16.0. The molecule has 6 heteroatoms. The molecule has 2 aliphatic heterocycles. The lowest BCUT2D eigenvalue weighted by atomic mass is 9.90. The fourth-order valence-electron chi connectivity index (χ4n) is 3.74. The number of para-hydroxylation sites is 2. The minimum absolute atomic E-state index is 0.0214. The van der Waals surface area contributed by atoms with Crippen LogP contribution in [0, 0.1) is 5.41 Å². The molecule has 140 valence electrons. The molecular formula is C21H22N2O3S. The minimum Gasteiger partial charge on any atom is -0.481 e. The lowest BCUT2D eigenvalue weighted by Crippen LogP contribution is -2.36. The summed E-state index contributed by atoms with van der Waals surface area (Å²) in [6.07, 6.45) is 0.878. The van der Waals surface area contributed by atoms with Crippen molar-refractivity contribution in [3.8, 4) is 0 Å². The average Bonchev–Trinajstić information content (AvgIpc) is 3.09. The van der Waals surface area contributed by atoms with Gasteiger partial charge >= 0.3 is 5.97 Å². The highest BCUT2D eigenvalue weighted by atomic mass is 32.2. The smallest absolute Gasteiger partial charge is 0.311 e. The zero-order valence-electron chi connectivity index (χ0n) is 15.2. The molecular weight excluding hydrogens is 360 g/mol. The maximum absolute atomic E-state index is 12.7. The van der Waals surface area contributed by atoms with Gasteiger partial charge in [0.05, 0.1) is 16.8 Å². The third-order valence-electron chi connectivity index (χ3n) is 5.42. The Bertz CT molecular complexity index is 855. The molecule has 1 saturated heterocycles. The molecule has 1 fully saturated rings. The van der Waals surface area contributed by atoms with Crippen molar-refractivity contribution in [2.24, 2.45) is 5.41 Å². The van der Waals surface area contributed by atoms with E-state index in [1.165, 1.54) is 9.79 Å². The number of anilines is 2. The topological polar surface area (TPSA) is 60.9 Å². The standard InChI is InChI=1S/C21H22N2O3S/c1-21(20(25)26)11-13-22(14-21)19(24)10-12-23-15-6-2-4-8-17(15)27-18-9-5-3-7-16(18)23/h2-9H,10-14H2,1H3,(H,25,26). The van der Waals surface area contributed by atoms with E-state index in [-0.39, 0.29) is 5.91 Å². The Morgan fingerprint density at radius 3 is 2.22 bits per heavy atom. The predicted molar refractivity (Wildman–Crippen MR) is 106 cm³/mol. The molecule has 0 aliphatic carbocycles. The van der Waals surface area contributed by atoms with Gasteiger partial charge in [0.1, 0.15) is 0 Å². The van der Waals surface area contributed by atoms with E-state index in [9.17, 15) is 14.7 Å². The van der Waals surface area contributed by atoms with Crippen molar-refractivity contribution in [3.63, 3.8) is 0 Å². The molecule has 2 aromatic rings. The first kappa shape index (κ1) is 17.9. The van der Waals surface area contributed by atoms with E-state index in [0.717, 1.165) is 11.4 Å². The molecule has 4 rings (SSSR count). The summed E-state index contributed by atoms with van der Waals surface area (Å²) in [5, 5.41) is 9.38. The number of carboxylic acids is 1. The maximum atomic E-state index is 12.7. The molecule has 1 N–H and O–H groups in total. The van der Waals surface area contributed by atoms with Crippen LogP contribution in [0.1, 0.15) is 19.8 Å². The molecule has 2 aliphatic rings. The second kappa shape index (κ2) is 6.93. The number of likely N-dealkylation sites (tertiary alicyclic amines) is 1. The van der Waals surface area contributed by atoms with E-state index in [0.29, 0.717) is 32.5 Å². The van der Waals surface area contributed by atoms with E-state index in [2.05, 4.69) is 29.2 Å². The third kappa shape index (κ3) is 3.30. The number of nitrogens with zero attached hydrogens (tertiary/aromatic N) is 2. The van der Waals surface area contributed by atoms with Crippen molar-refractivity contribution >= 4 is 35.0 Å². The summed E-state index contributed by atoms with van der Waals surface area (Å²) in [6.45, 7) is 3.11. The van der Waals surface area contributed by atoms with Gasteiger partial charge in [-0.05, 0) is 37.6 Å². The maximum Gasteiger partial charge on any atom is 0.311 e. The number of aliphatic carboxylic acids is 1. The molecule has 1 atom stereocenters. The number of rotatable bonds is 4. The number of fused-ring (bicyclic) bond motifs is 2. The van der Waals surface area contributed by atoms with Gasteiger partial charge in [0.25, 0.3) is 0 Å². The summed E-state index contributed by atoms with van der Waals surface area (Å²) in [7, 11) is 0. The molecule has 2 aromatic carbocycles. The van der Waals surface area contributed by atoms with Crippen LogP contribution in [-0.2, 0) is 9.59 Å². The number of carboxylic acid groups (broad SMARTS) is 1. The van der Waals surface area contributed by atoms with E-state index >= 15 is 0 Å². The van der Waals surface area contributed by atoms with E-state index in [4.69, 9.17) is 0 Å². The number of carbonyl (C=O) groups excluding carboxylic acids is 1. The van der Waals surface area contributed by atoms with Gasteiger partial charge in [-0.15, -0.1) is 0 Å².